The van der Waals surface area contributed by atoms with E-state index in [1.54, 1.807) is 23.1 Å². The average molecular weight is 522 g/mol. The van der Waals surface area contributed by atoms with Gasteiger partial charge < -0.3 is 14.5 Å². The first kappa shape index (κ1) is 24.4. The van der Waals surface area contributed by atoms with Gasteiger partial charge in [-0.2, -0.15) is 28.6 Å². The lowest BCUT2D eigenvalue weighted by atomic mass is 9.92. The van der Waals surface area contributed by atoms with Crippen LogP contribution in [-0.4, -0.2) is 69.8 Å². The molecule has 1 aromatic heterocycles. The van der Waals surface area contributed by atoms with Gasteiger partial charge in [0.1, 0.15) is 16.8 Å². The molecule has 0 radical (unpaired) electrons. The zero-order chi connectivity index (χ0) is 25.4. The van der Waals surface area contributed by atoms with Gasteiger partial charge in [0.05, 0.1) is 10.6 Å². The first-order valence-corrected chi connectivity index (χ1v) is 11.9. The minimum absolute atomic E-state index is 0.0303. The molecule has 5 rings (SSSR count). The standard InChI is InChI=1S/C24H23ClF3N5O3/c25-18-10-17(24(26,27)28)2-4-21(18)36-13-22(34)32-7-5-15-11-33(12-16(15)6-8-32)23(35)14-1-3-19-20(9-14)30-31-29-19/h1-4,9-10,15-16H,5-8,11-13H2,(H,29,30,31). The van der Waals surface area contributed by atoms with Gasteiger partial charge in [-0.25, -0.2) is 0 Å². The number of nitrogens with one attached hydrogen (secondary N) is 1. The summed E-state index contributed by atoms with van der Waals surface area (Å²) in [7, 11) is 0. The number of amides is 2. The number of carbonyl (C=O) groups excluding carboxylic acids is 2. The van der Waals surface area contributed by atoms with Crippen molar-refractivity contribution >= 4 is 34.4 Å². The van der Waals surface area contributed by atoms with Crippen molar-refractivity contribution in [2.24, 2.45) is 11.8 Å². The fraction of sp³-hybridized carbons (Fsp3) is 0.417. The molecule has 2 aliphatic heterocycles. The Labute approximate surface area is 209 Å². The molecule has 2 aromatic carbocycles. The predicted octanol–water partition coefficient (Wildman–Crippen LogP) is 4.02. The van der Waals surface area contributed by atoms with Crippen LogP contribution in [0.5, 0.6) is 5.75 Å². The van der Waals surface area contributed by atoms with Crippen molar-refractivity contribution in [2.45, 2.75) is 19.0 Å². The molecule has 2 fully saturated rings. The van der Waals surface area contributed by atoms with E-state index in [9.17, 15) is 22.8 Å². The van der Waals surface area contributed by atoms with Crippen molar-refractivity contribution in [3.05, 3.63) is 52.5 Å². The van der Waals surface area contributed by atoms with Crippen LogP contribution in [0, 0.1) is 11.8 Å². The van der Waals surface area contributed by atoms with Crippen LogP contribution in [0.15, 0.2) is 36.4 Å². The number of hydrogen-bond acceptors (Lipinski definition) is 5. The van der Waals surface area contributed by atoms with Gasteiger partial charge in [0, 0.05) is 31.7 Å². The van der Waals surface area contributed by atoms with Crippen molar-refractivity contribution in [3.63, 3.8) is 0 Å². The van der Waals surface area contributed by atoms with Gasteiger partial charge in [-0.15, -0.1) is 0 Å². The van der Waals surface area contributed by atoms with Crippen molar-refractivity contribution in [1.29, 1.82) is 0 Å². The molecule has 2 saturated heterocycles. The molecule has 0 saturated carbocycles. The van der Waals surface area contributed by atoms with Gasteiger partial charge in [0.2, 0.25) is 0 Å². The normalized spacial score (nSPS) is 20.3. The first-order valence-electron chi connectivity index (χ1n) is 11.6. The highest BCUT2D eigenvalue weighted by atomic mass is 35.5. The quantitative estimate of drug-likeness (QED) is 0.560. The number of ether oxygens (including phenoxy) is 1. The second-order valence-electron chi connectivity index (χ2n) is 9.15. The van der Waals surface area contributed by atoms with Gasteiger partial charge in [-0.1, -0.05) is 11.6 Å². The van der Waals surface area contributed by atoms with Crippen LogP contribution in [0.1, 0.15) is 28.8 Å². The number of hydrogen-bond donors (Lipinski definition) is 1. The Kier molecular flexibility index (Phi) is 6.50. The number of likely N-dealkylation sites (tertiary alicyclic amines) is 2. The summed E-state index contributed by atoms with van der Waals surface area (Å²) in [4.78, 5) is 29.3. The van der Waals surface area contributed by atoms with Crippen LogP contribution in [0.25, 0.3) is 11.0 Å². The number of H-pyrrole nitrogens is 1. The molecule has 2 amide bonds. The van der Waals surface area contributed by atoms with Crippen LogP contribution < -0.4 is 4.74 Å². The van der Waals surface area contributed by atoms with E-state index in [-0.39, 0.29) is 41.0 Å². The van der Waals surface area contributed by atoms with Gasteiger partial charge in [-0.3, -0.25) is 9.59 Å². The third-order valence-corrected chi connectivity index (χ3v) is 7.22. The fourth-order valence-electron chi connectivity index (χ4n) is 4.94. The van der Waals surface area contributed by atoms with E-state index < -0.39 is 11.7 Å². The van der Waals surface area contributed by atoms with Gasteiger partial charge in [-0.05, 0) is 61.1 Å². The van der Waals surface area contributed by atoms with Crippen molar-refractivity contribution in [3.8, 4) is 5.75 Å². The second-order valence-corrected chi connectivity index (χ2v) is 9.55. The maximum Gasteiger partial charge on any atom is 0.416 e. The van der Waals surface area contributed by atoms with Crippen LogP contribution in [0.3, 0.4) is 0 Å². The molecule has 2 unspecified atom stereocenters. The lowest BCUT2D eigenvalue weighted by molar-refractivity contribution is -0.137. The third-order valence-electron chi connectivity index (χ3n) is 6.93. The van der Waals surface area contributed by atoms with E-state index in [2.05, 4.69) is 15.4 Å². The maximum absolute atomic E-state index is 13.1. The Morgan fingerprint density at radius 3 is 2.36 bits per heavy atom. The lowest BCUT2D eigenvalue weighted by Crippen LogP contribution is -2.37. The van der Waals surface area contributed by atoms with E-state index in [1.807, 2.05) is 4.90 Å². The zero-order valence-electron chi connectivity index (χ0n) is 19.1. The summed E-state index contributed by atoms with van der Waals surface area (Å²) < 4.78 is 43.8. The number of halogens is 4. The maximum atomic E-state index is 13.1. The van der Waals surface area contributed by atoms with E-state index in [1.165, 1.54) is 0 Å². The summed E-state index contributed by atoms with van der Waals surface area (Å²) in [6, 6.07) is 8.03. The van der Waals surface area contributed by atoms with Gasteiger partial charge in [0.25, 0.3) is 11.8 Å². The first-order chi connectivity index (χ1) is 17.2. The molecule has 8 nitrogen and oxygen atoms in total. The number of benzene rings is 2. The molecule has 0 spiro atoms. The Bertz CT molecular complexity index is 1280. The molecule has 190 valence electrons. The van der Waals surface area contributed by atoms with Crippen LogP contribution in [-0.2, 0) is 11.0 Å². The highest BCUT2D eigenvalue weighted by Gasteiger charge is 2.38. The summed E-state index contributed by atoms with van der Waals surface area (Å²) in [6.45, 7) is 1.99. The van der Waals surface area contributed by atoms with Crippen molar-refractivity contribution < 1.29 is 27.5 Å². The number of carbonyl (C=O) groups is 2. The van der Waals surface area contributed by atoms with E-state index in [4.69, 9.17) is 16.3 Å². The summed E-state index contributed by atoms with van der Waals surface area (Å²) in [5.41, 5.74) is 1.04. The highest BCUT2D eigenvalue weighted by Crippen LogP contribution is 2.35. The second kappa shape index (κ2) is 9.61. The monoisotopic (exact) mass is 521 g/mol. The fourth-order valence-corrected chi connectivity index (χ4v) is 5.18. The molecule has 0 bridgehead atoms. The SMILES string of the molecule is O=C(COc1ccc(C(F)(F)F)cc1Cl)N1CCC2CN(C(=O)c3ccc4n[nH]nc4c3)CC2CC1. The molecule has 2 atom stereocenters. The number of fused-ring (bicyclic) bond motifs is 2. The Morgan fingerprint density at radius 2 is 1.69 bits per heavy atom. The topological polar surface area (TPSA) is 91.4 Å². The summed E-state index contributed by atoms with van der Waals surface area (Å²) in [6.07, 6.45) is -3.00. The average Bonchev–Trinajstić information content (AvgIpc) is 3.44. The van der Waals surface area contributed by atoms with E-state index >= 15 is 0 Å². The number of aromatic nitrogens is 3. The smallest absolute Gasteiger partial charge is 0.416 e. The minimum atomic E-state index is -4.51. The number of nitrogens with zero attached hydrogens (tertiary/aromatic N) is 4. The van der Waals surface area contributed by atoms with Gasteiger partial charge in [0.15, 0.2) is 6.61 Å². The summed E-state index contributed by atoms with van der Waals surface area (Å²) in [5.74, 6) is 0.311. The summed E-state index contributed by atoms with van der Waals surface area (Å²) >= 11 is 5.91. The van der Waals surface area contributed by atoms with Crippen LogP contribution in [0.4, 0.5) is 13.2 Å². The molecule has 1 N–H and O–H groups in total. The molecule has 0 aliphatic carbocycles. The number of alkyl halides is 3. The molecule has 36 heavy (non-hydrogen) atoms. The lowest BCUT2D eigenvalue weighted by Gasteiger charge is -2.22. The largest absolute Gasteiger partial charge is 0.482 e. The van der Waals surface area contributed by atoms with Crippen molar-refractivity contribution in [1.82, 2.24) is 25.2 Å². The zero-order valence-corrected chi connectivity index (χ0v) is 19.8. The molecule has 12 heteroatoms. The molecule has 3 aromatic rings. The van der Waals surface area contributed by atoms with E-state index in [0.717, 1.165) is 31.0 Å². The van der Waals surface area contributed by atoms with Crippen LogP contribution >= 0.6 is 11.6 Å². The highest BCUT2D eigenvalue weighted by molar-refractivity contribution is 6.32. The molecular formula is C24H23ClF3N5O3. The van der Waals surface area contributed by atoms with E-state index in [0.29, 0.717) is 42.8 Å². The van der Waals surface area contributed by atoms with Crippen LogP contribution in [0.2, 0.25) is 5.02 Å². The number of rotatable bonds is 4. The molecular weight excluding hydrogens is 499 g/mol. The van der Waals surface area contributed by atoms with Gasteiger partial charge >= 0.3 is 6.18 Å². The summed E-state index contributed by atoms with van der Waals surface area (Å²) in [5, 5.41) is 10.4. The Hall–Kier alpha value is -3.34. The Balaban J connectivity index is 1.14. The number of aromatic amines is 1. The Morgan fingerprint density at radius 1 is 1.00 bits per heavy atom. The third kappa shape index (κ3) is 4.97. The molecule has 3 heterocycles. The molecule has 2 aliphatic rings. The van der Waals surface area contributed by atoms with Crippen molar-refractivity contribution in [2.75, 3.05) is 32.8 Å². The predicted molar refractivity (Wildman–Crippen MR) is 125 cm³/mol. The minimum Gasteiger partial charge on any atom is -0.482 e.